The van der Waals surface area contributed by atoms with Gasteiger partial charge in [-0.25, -0.2) is 0 Å². The van der Waals surface area contributed by atoms with E-state index in [4.69, 9.17) is 12.1 Å². The van der Waals surface area contributed by atoms with Crippen LogP contribution in [0.5, 0.6) is 0 Å². The summed E-state index contributed by atoms with van der Waals surface area (Å²) in [7, 11) is -1.67. The molecule has 0 unspecified atom stereocenters. The molecule has 0 aliphatic rings. The number of hydrogen-bond acceptors (Lipinski definition) is 3. The smallest absolute Gasteiger partial charge is 0.123 e. The molecule has 3 aromatic heterocycles. The first-order valence-corrected chi connectivity index (χ1v) is 19.9. The summed E-state index contributed by atoms with van der Waals surface area (Å²) >= 11 is 0. The van der Waals surface area contributed by atoms with Crippen LogP contribution in [0.15, 0.2) is 132 Å². The summed E-state index contributed by atoms with van der Waals surface area (Å²) in [5, 5.41) is 3.28. The molecule has 0 amide bonds. The van der Waals surface area contributed by atoms with Crippen molar-refractivity contribution in [2.45, 2.75) is 39.9 Å². The fourth-order valence-electron chi connectivity index (χ4n) is 6.02. The Labute approximate surface area is 306 Å². The largest absolute Gasteiger partial charge is 0.476 e. The molecule has 0 N–H and O–H groups in total. The van der Waals surface area contributed by atoms with Gasteiger partial charge in [-0.05, 0) is 58.9 Å². The fraction of sp³-hybridized carbons (Fsp3) is 0.163. The molecule has 0 fully saturated rings. The predicted octanol–water partition coefficient (Wildman–Crippen LogP) is 10.7. The van der Waals surface area contributed by atoms with Gasteiger partial charge in [0, 0.05) is 34.7 Å². The summed E-state index contributed by atoms with van der Waals surface area (Å²) in [5.41, 5.74) is 8.25. The molecule has 0 atom stereocenters. The van der Waals surface area contributed by atoms with Crippen LogP contribution in [0.25, 0.3) is 61.3 Å². The van der Waals surface area contributed by atoms with Crippen molar-refractivity contribution in [2.24, 2.45) is 5.92 Å². The van der Waals surface area contributed by atoms with Crippen LogP contribution in [0.1, 0.15) is 22.2 Å². The van der Waals surface area contributed by atoms with Crippen molar-refractivity contribution in [1.29, 1.82) is 0 Å². The van der Waals surface area contributed by atoms with Crippen LogP contribution in [0.3, 0.4) is 0 Å². The van der Waals surface area contributed by atoms with E-state index < -0.39 is 14.4 Å². The van der Waals surface area contributed by atoms with E-state index >= 15 is 0 Å². The minimum absolute atomic E-state index is 0. The van der Waals surface area contributed by atoms with Gasteiger partial charge in [-0.1, -0.05) is 105 Å². The second kappa shape index (κ2) is 14.5. The number of benzene rings is 5. The summed E-state index contributed by atoms with van der Waals surface area (Å²) in [4.78, 5) is 9.50. The van der Waals surface area contributed by atoms with Gasteiger partial charge in [-0.2, -0.15) is 0 Å². The van der Waals surface area contributed by atoms with Gasteiger partial charge >= 0.3 is 0 Å². The Kier molecular flexibility index (Phi) is 9.35. The Bertz CT molecular complexity index is 2430. The van der Waals surface area contributed by atoms with Gasteiger partial charge in [0.25, 0.3) is 0 Å². The molecule has 6 heteroatoms. The first-order valence-electron chi connectivity index (χ1n) is 17.4. The summed E-state index contributed by atoms with van der Waals surface area (Å²) in [5.74, 6) is 0.771. The van der Waals surface area contributed by atoms with E-state index in [0.29, 0.717) is 0 Å². The maximum Gasteiger partial charge on any atom is 0.123 e. The summed E-state index contributed by atoms with van der Waals surface area (Å²) < 4.78 is 25.4. The van der Waals surface area contributed by atoms with Crippen molar-refractivity contribution in [2.75, 3.05) is 0 Å². The zero-order valence-corrected chi connectivity index (χ0v) is 31.7. The summed E-state index contributed by atoms with van der Waals surface area (Å²) in [6.45, 7) is 10.6. The number of furan rings is 1. The molecule has 0 aliphatic heterocycles. The maximum absolute atomic E-state index is 8.55. The monoisotopic (exact) mass is 836 g/mol. The van der Waals surface area contributed by atoms with Crippen molar-refractivity contribution in [1.82, 2.24) is 14.5 Å². The fourth-order valence-corrected chi connectivity index (χ4v) is 7.42. The number of rotatable bonds is 6. The van der Waals surface area contributed by atoms with Crippen LogP contribution >= 0.6 is 0 Å². The Morgan fingerprint density at radius 2 is 1.53 bits per heavy atom. The third kappa shape index (κ3) is 7.23. The minimum atomic E-state index is -1.67. The van der Waals surface area contributed by atoms with Crippen molar-refractivity contribution in [3.63, 3.8) is 0 Å². The number of pyridine rings is 1. The molecule has 49 heavy (non-hydrogen) atoms. The van der Waals surface area contributed by atoms with E-state index in [9.17, 15) is 0 Å². The summed E-state index contributed by atoms with van der Waals surface area (Å²) in [6.07, 6.45) is 0.528. The summed E-state index contributed by atoms with van der Waals surface area (Å²) in [6, 6.07) is 46.9. The average molecular weight is 836 g/mol. The number of hydrogen-bond donors (Lipinski definition) is 0. The molecule has 0 saturated carbocycles. The number of fused-ring (bicyclic) bond motifs is 4. The van der Waals surface area contributed by atoms with Crippen molar-refractivity contribution in [3.8, 4) is 28.3 Å². The van der Waals surface area contributed by atoms with Crippen molar-refractivity contribution in [3.05, 3.63) is 145 Å². The van der Waals surface area contributed by atoms with Gasteiger partial charge in [0.05, 0.1) is 30.5 Å². The van der Waals surface area contributed by atoms with E-state index in [1.54, 1.807) is 0 Å². The van der Waals surface area contributed by atoms with E-state index in [1.807, 2.05) is 117 Å². The van der Waals surface area contributed by atoms with Crippen LogP contribution in [-0.2, 0) is 26.5 Å². The molecule has 0 spiro atoms. The van der Waals surface area contributed by atoms with Gasteiger partial charge in [0.15, 0.2) is 0 Å². The van der Waals surface area contributed by atoms with Crippen molar-refractivity contribution < 1.29 is 27.3 Å². The number of para-hydroxylation sites is 4. The van der Waals surface area contributed by atoms with E-state index in [-0.39, 0.29) is 26.0 Å². The van der Waals surface area contributed by atoms with E-state index in [0.717, 1.165) is 72.1 Å². The van der Waals surface area contributed by atoms with E-state index in [2.05, 4.69) is 65.6 Å². The number of imidazole rings is 1. The molecule has 8 rings (SSSR count). The first-order chi connectivity index (χ1) is 24.0. The molecule has 0 saturated heterocycles. The molecule has 5 aromatic carbocycles. The average Bonchev–Trinajstić information content (AvgIpc) is 3.70. The number of nitrogens with zero attached hydrogens (tertiary/aromatic N) is 3. The topological polar surface area (TPSA) is 43.9 Å². The Morgan fingerprint density at radius 1 is 0.796 bits per heavy atom. The second-order valence-corrected chi connectivity index (χ2v) is 18.3. The predicted molar refractivity (Wildman–Crippen MR) is 203 cm³/mol. The standard InChI is InChI=1S/C25H15N2O.C18H24NSi.Ir/c1-2-8-18(9-3-1)27-22-12-6-5-11-21(22)26-25(27)17-14-15-20-19-10-4-7-13-23(19)28-24(20)16-17;1-14(2)11-16-12-17(15-9-7-6-8-10-15)19-13-18(16)20(3,4)5;/h1-13,15-16H;6-9,12-14H,11H2,1-5H3;/q2*-1;/i;11D2;. The van der Waals surface area contributed by atoms with Gasteiger partial charge in [0.2, 0.25) is 0 Å². The molecule has 0 aliphatic carbocycles. The van der Waals surface area contributed by atoms with Gasteiger partial charge in [0.1, 0.15) is 5.58 Å². The normalized spacial score (nSPS) is 12.4. The molecule has 4 nitrogen and oxygen atoms in total. The zero-order valence-electron chi connectivity index (χ0n) is 30.3. The van der Waals surface area contributed by atoms with Crippen LogP contribution in [0.2, 0.25) is 19.6 Å². The third-order valence-corrected chi connectivity index (χ3v) is 10.3. The molecular weight excluding hydrogens is 795 g/mol. The zero-order chi connectivity index (χ0) is 35.0. The molecular formula is C43H39IrN3OSi-2. The van der Waals surface area contributed by atoms with Crippen LogP contribution < -0.4 is 5.19 Å². The second-order valence-electron chi connectivity index (χ2n) is 13.3. The molecule has 247 valence electrons. The van der Waals surface area contributed by atoms with Gasteiger partial charge in [-0.15, -0.1) is 53.6 Å². The van der Waals surface area contributed by atoms with Crippen LogP contribution in [0, 0.1) is 18.1 Å². The molecule has 0 bridgehead atoms. The van der Waals surface area contributed by atoms with Crippen LogP contribution in [0.4, 0.5) is 0 Å². The minimum Gasteiger partial charge on any atom is -0.476 e. The van der Waals surface area contributed by atoms with Gasteiger partial charge < -0.3 is 14.0 Å². The Balaban J connectivity index is 0.000000178. The van der Waals surface area contributed by atoms with Crippen molar-refractivity contribution >= 4 is 46.2 Å². The molecule has 1 radical (unpaired) electrons. The molecule has 3 heterocycles. The Hall–Kier alpha value is -4.61. The quantitative estimate of drug-likeness (QED) is 0.124. The number of aromatic nitrogens is 3. The third-order valence-electron chi connectivity index (χ3n) is 8.27. The van der Waals surface area contributed by atoms with Gasteiger partial charge in [-0.3, -0.25) is 4.98 Å². The molecule has 8 aromatic rings. The Morgan fingerprint density at radius 3 is 2.29 bits per heavy atom. The maximum atomic E-state index is 8.55. The first kappa shape index (κ1) is 31.6. The van der Waals surface area contributed by atoms with E-state index in [1.165, 1.54) is 0 Å². The van der Waals surface area contributed by atoms with Crippen LogP contribution in [-0.4, -0.2) is 22.6 Å². The SMILES string of the molecule is [2H]C([2H])(c1cc(-c2[c-]cccc2)ncc1[Si](C)(C)C)C(C)C.[Ir].[c-]1cc2c(cc1-c1nc3ccccc3n1-c1ccccc1)oc1ccccc12.